The number of likely N-dealkylation sites (tertiary alicyclic amines) is 1. The second kappa shape index (κ2) is 5.46. The van der Waals surface area contributed by atoms with Gasteiger partial charge in [-0.25, -0.2) is 4.98 Å². The molecule has 4 nitrogen and oxygen atoms in total. The first-order chi connectivity index (χ1) is 7.79. The van der Waals surface area contributed by atoms with E-state index in [1.165, 1.54) is 31.8 Å². The number of nitrogens with one attached hydrogen (secondary N) is 1. The maximum absolute atomic E-state index is 4.36. The largest absolute Gasteiger partial charge is 0.338 e. The number of hydrogen-bond acceptors (Lipinski definition) is 3. The molecular formula is C12H22N4. The summed E-state index contributed by atoms with van der Waals surface area (Å²) in [5.41, 5.74) is 0. The Morgan fingerprint density at radius 3 is 2.75 bits per heavy atom. The summed E-state index contributed by atoms with van der Waals surface area (Å²) in [4.78, 5) is 6.90. The summed E-state index contributed by atoms with van der Waals surface area (Å²) in [6, 6.07) is 0.726. The monoisotopic (exact) mass is 222 g/mol. The molecule has 1 aromatic heterocycles. The lowest BCUT2D eigenvalue weighted by atomic mass is 10.1. The predicted molar refractivity (Wildman–Crippen MR) is 65.4 cm³/mol. The van der Waals surface area contributed by atoms with Gasteiger partial charge in [-0.05, 0) is 33.0 Å². The third-order valence-electron chi connectivity index (χ3n) is 3.57. The second-order valence-electron chi connectivity index (χ2n) is 4.61. The summed E-state index contributed by atoms with van der Waals surface area (Å²) < 4.78 is 2.11. The lowest BCUT2D eigenvalue weighted by Gasteiger charge is -2.31. The van der Waals surface area contributed by atoms with Gasteiger partial charge in [0.05, 0.1) is 0 Å². The number of rotatable bonds is 4. The Morgan fingerprint density at radius 2 is 2.19 bits per heavy atom. The van der Waals surface area contributed by atoms with E-state index in [1.807, 2.05) is 12.4 Å². The number of imidazole rings is 1. The van der Waals surface area contributed by atoms with E-state index in [4.69, 9.17) is 0 Å². The van der Waals surface area contributed by atoms with Gasteiger partial charge in [0.25, 0.3) is 0 Å². The van der Waals surface area contributed by atoms with Crippen LogP contribution in [-0.4, -0.2) is 47.2 Å². The predicted octanol–water partition coefficient (Wildman–Crippen LogP) is 0.646. The van der Waals surface area contributed by atoms with Crippen LogP contribution in [0.4, 0.5) is 0 Å². The van der Waals surface area contributed by atoms with Crippen LogP contribution in [0.15, 0.2) is 12.4 Å². The molecular weight excluding hydrogens is 200 g/mol. The highest BCUT2D eigenvalue weighted by molar-refractivity contribution is 4.92. The maximum Gasteiger partial charge on any atom is 0.109 e. The van der Waals surface area contributed by atoms with E-state index < -0.39 is 0 Å². The van der Waals surface area contributed by atoms with Crippen LogP contribution >= 0.6 is 0 Å². The second-order valence-corrected chi connectivity index (χ2v) is 4.61. The zero-order valence-corrected chi connectivity index (χ0v) is 10.3. The molecule has 1 saturated heterocycles. The van der Waals surface area contributed by atoms with Crippen LogP contribution in [0.1, 0.15) is 18.7 Å². The first kappa shape index (κ1) is 11.6. The molecule has 90 valence electrons. The fourth-order valence-electron chi connectivity index (χ4n) is 2.34. The van der Waals surface area contributed by atoms with Gasteiger partial charge in [0, 0.05) is 38.4 Å². The summed E-state index contributed by atoms with van der Waals surface area (Å²) in [7, 11) is 4.13. The van der Waals surface area contributed by atoms with E-state index in [0.29, 0.717) is 0 Å². The molecule has 1 N–H and O–H groups in total. The van der Waals surface area contributed by atoms with E-state index in [1.54, 1.807) is 0 Å². The standard InChI is InChI=1S/C12H22N4/c1-13-11-3-7-16(8-4-11)9-5-12-14-6-10-15(12)2/h6,10-11,13H,3-5,7-9H2,1-2H3. The zero-order valence-electron chi connectivity index (χ0n) is 10.3. The van der Waals surface area contributed by atoms with Gasteiger partial charge in [-0.15, -0.1) is 0 Å². The number of hydrogen-bond donors (Lipinski definition) is 1. The van der Waals surface area contributed by atoms with E-state index in [9.17, 15) is 0 Å². The van der Waals surface area contributed by atoms with Crippen molar-refractivity contribution in [1.29, 1.82) is 0 Å². The Balaban J connectivity index is 1.73. The average molecular weight is 222 g/mol. The third kappa shape index (κ3) is 2.83. The van der Waals surface area contributed by atoms with E-state index in [0.717, 1.165) is 19.0 Å². The summed E-state index contributed by atoms with van der Waals surface area (Å²) >= 11 is 0. The lowest BCUT2D eigenvalue weighted by molar-refractivity contribution is 0.202. The number of nitrogens with zero attached hydrogens (tertiary/aromatic N) is 3. The van der Waals surface area contributed by atoms with Gasteiger partial charge < -0.3 is 14.8 Å². The molecule has 0 saturated carbocycles. The van der Waals surface area contributed by atoms with Crippen LogP contribution in [0, 0.1) is 0 Å². The van der Waals surface area contributed by atoms with Crippen molar-refractivity contribution >= 4 is 0 Å². The Kier molecular flexibility index (Phi) is 3.96. The normalized spacial score (nSPS) is 19.1. The van der Waals surface area contributed by atoms with Crippen LogP contribution < -0.4 is 5.32 Å². The fourth-order valence-corrected chi connectivity index (χ4v) is 2.34. The minimum absolute atomic E-state index is 0.726. The lowest BCUT2D eigenvalue weighted by Crippen LogP contribution is -2.41. The average Bonchev–Trinajstić information content (AvgIpc) is 2.73. The minimum atomic E-state index is 0.726. The molecule has 1 aliphatic heterocycles. The molecule has 16 heavy (non-hydrogen) atoms. The molecule has 1 aliphatic rings. The quantitative estimate of drug-likeness (QED) is 0.812. The number of aryl methyl sites for hydroxylation is 1. The molecule has 0 spiro atoms. The van der Waals surface area contributed by atoms with E-state index in [2.05, 4.69) is 33.9 Å². The molecule has 1 aromatic rings. The summed E-state index contributed by atoms with van der Waals surface area (Å²) in [5.74, 6) is 1.19. The molecule has 0 aliphatic carbocycles. The van der Waals surface area contributed by atoms with Crippen molar-refractivity contribution in [1.82, 2.24) is 19.8 Å². The van der Waals surface area contributed by atoms with Gasteiger partial charge in [-0.1, -0.05) is 0 Å². The van der Waals surface area contributed by atoms with Gasteiger partial charge in [-0.2, -0.15) is 0 Å². The van der Waals surface area contributed by atoms with Gasteiger partial charge in [-0.3, -0.25) is 0 Å². The van der Waals surface area contributed by atoms with Crippen molar-refractivity contribution in [2.45, 2.75) is 25.3 Å². The first-order valence-electron chi connectivity index (χ1n) is 6.15. The molecule has 2 rings (SSSR count). The van der Waals surface area contributed by atoms with Gasteiger partial charge in [0.15, 0.2) is 0 Å². The Morgan fingerprint density at radius 1 is 1.44 bits per heavy atom. The molecule has 1 fully saturated rings. The van der Waals surface area contributed by atoms with E-state index in [-0.39, 0.29) is 0 Å². The van der Waals surface area contributed by atoms with Crippen LogP contribution in [0.2, 0.25) is 0 Å². The zero-order chi connectivity index (χ0) is 11.4. The minimum Gasteiger partial charge on any atom is -0.338 e. The van der Waals surface area contributed by atoms with Crippen molar-refractivity contribution in [3.05, 3.63) is 18.2 Å². The molecule has 0 unspecified atom stereocenters. The Hall–Kier alpha value is -0.870. The number of piperidine rings is 1. The molecule has 0 atom stereocenters. The van der Waals surface area contributed by atoms with Crippen LogP contribution in [0.5, 0.6) is 0 Å². The van der Waals surface area contributed by atoms with Crippen LogP contribution in [0.25, 0.3) is 0 Å². The first-order valence-corrected chi connectivity index (χ1v) is 6.15. The van der Waals surface area contributed by atoms with Crippen LogP contribution in [-0.2, 0) is 13.5 Å². The molecule has 0 aromatic carbocycles. The highest BCUT2D eigenvalue weighted by Crippen LogP contribution is 2.10. The number of aromatic nitrogens is 2. The highest BCUT2D eigenvalue weighted by atomic mass is 15.1. The van der Waals surface area contributed by atoms with Crippen molar-refractivity contribution in [3.8, 4) is 0 Å². The molecule has 0 bridgehead atoms. The van der Waals surface area contributed by atoms with Crippen molar-refractivity contribution in [2.75, 3.05) is 26.7 Å². The van der Waals surface area contributed by atoms with Crippen LogP contribution in [0.3, 0.4) is 0 Å². The molecule has 0 radical (unpaired) electrons. The Labute approximate surface area is 97.7 Å². The molecule has 2 heterocycles. The highest BCUT2D eigenvalue weighted by Gasteiger charge is 2.17. The Bertz CT molecular complexity index is 313. The van der Waals surface area contributed by atoms with Crippen molar-refractivity contribution in [3.63, 3.8) is 0 Å². The summed E-state index contributed by atoms with van der Waals surface area (Å²) in [5, 5.41) is 3.36. The van der Waals surface area contributed by atoms with Gasteiger partial charge in [0.2, 0.25) is 0 Å². The molecule has 0 amide bonds. The van der Waals surface area contributed by atoms with E-state index >= 15 is 0 Å². The third-order valence-corrected chi connectivity index (χ3v) is 3.57. The maximum atomic E-state index is 4.36. The van der Waals surface area contributed by atoms with Crippen molar-refractivity contribution in [2.24, 2.45) is 7.05 Å². The van der Waals surface area contributed by atoms with Gasteiger partial charge >= 0.3 is 0 Å². The topological polar surface area (TPSA) is 33.1 Å². The van der Waals surface area contributed by atoms with Gasteiger partial charge in [0.1, 0.15) is 5.82 Å². The SMILES string of the molecule is CNC1CCN(CCc2nccn2C)CC1. The molecule has 4 heteroatoms. The smallest absolute Gasteiger partial charge is 0.109 e. The van der Waals surface area contributed by atoms with Crippen molar-refractivity contribution < 1.29 is 0 Å². The summed E-state index contributed by atoms with van der Waals surface area (Å²) in [6.45, 7) is 3.58. The summed E-state index contributed by atoms with van der Waals surface area (Å²) in [6.07, 6.45) is 7.51. The fraction of sp³-hybridized carbons (Fsp3) is 0.750.